The second-order valence-electron chi connectivity index (χ2n) is 3.07. The summed E-state index contributed by atoms with van der Waals surface area (Å²) in [6.07, 6.45) is 3.04. The summed E-state index contributed by atoms with van der Waals surface area (Å²) in [5.41, 5.74) is 1.11. The van der Waals surface area contributed by atoms with E-state index in [-0.39, 0.29) is 5.91 Å². The minimum atomic E-state index is -0.264. The Bertz CT molecular complexity index is 490. The summed E-state index contributed by atoms with van der Waals surface area (Å²) in [4.78, 5) is 15.7. The van der Waals surface area contributed by atoms with Crippen LogP contribution >= 0.6 is 11.6 Å². The molecule has 0 N–H and O–H groups in total. The van der Waals surface area contributed by atoms with E-state index in [1.807, 2.05) is 6.92 Å². The maximum Gasteiger partial charge on any atom is 0.296 e. The number of carbonyl (C=O) groups is 1. The van der Waals surface area contributed by atoms with Gasteiger partial charge in [0.1, 0.15) is 5.69 Å². The number of hydrogen-bond acceptors (Lipinski definition) is 3. The van der Waals surface area contributed by atoms with E-state index >= 15 is 0 Å². The molecule has 0 aliphatic heterocycles. The SMILES string of the molecule is Cc1ccn(C(=O)c2ccc(Cl)cn2)n1. The number of aromatic nitrogens is 3. The number of nitrogens with zero attached hydrogens (tertiary/aromatic N) is 3. The first-order chi connectivity index (χ1) is 7.16. The van der Waals surface area contributed by atoms with E-state index in [1.165, 1.54) is 10.9 Å². The van der Waals surface area contributed by atoms with Crippen molar-refractivity contribution in [1.29, 1.82) is 0 Å². The molecule has 0 bridgehead atoms. The molecule has 0 atom stereocenters. The first-order valence-electron chi connectivity index (χ1n) is 4.35. The first-order valence-corrected chi connectivity index (χ1v) is 4.73. The molecular weight excluding hydrogens is 214 g/mol. The van der Waals surface area contributed by atoms with Gasteiger partial charge in [0.2, 0.25) is 0 Å². The zero-order valence-corrected chi connectivity index (χ0v) is 8.77. The highest BCUT2D eigenvalue weighted by molar-refractivity contribution is 6.30. The maximum absolute atomic E-state index is 11.8. The van der Waals surface area contributed by atoms with Gasteiger partial charge in [0, 0.05) is 12.4 Å². The van der Waals surface area contributed by atoms with E-state index in [2.05, 4.69) is 10.1 Å². The highest BCUT2D eigenvalue weighted by Gasteiger charge is 2.10. The van der Waals surface area contributed by atoms with E-state index in [1.54, 1.807) is 24.4 Å². The molecule has 2 rings (SSSR count). The van der Waals surface area contributed by atoms with Crippen LogP contribution in [0.4, 0.5) is 0 Å². The van der Waals surface area contributed by atoms with Crippen LogP contribution < -0.4 is 0 Å². The van der Waals surface area contributed by atoms with Gasteiger partial charge in [0.05, 0.1) is 10.7 Å². The fourth-order valence-corrected chi connectivity index (χ4v) is 1.26. The normalized spacial score (nSPS) is 10.3. The van der Waals surface area contributed by atoms with Crippen LogP contribution in [-0.2, 0) is 0 Å². The second kappa shape index (κ2) is 3.82. The summed E-state index contributed by atoms with van der Waals surface area (Å²) in [6.45, 7) is 1.82. The summed E-state index contributed by atoms with van der Waals surface area (Å²) in [5.74, 6) is -0.264. The molecule has 0 aromatic carbocycles. The topological polar surface area (TPSA) is 47.8 Å². The molecule has 2 aromatic heterocycles. The van der Waals surface area contributed by atoms with Crippen molar-refractivity contribution in [2.24, 2.45) is 0 Å². The van der Waals surface area contributed by atoms with Crippen LogP contribution in [0.5, 0.6) is 0 Å². The number of hydrogen-bond donors (Lipinski definition) is 0. The molecule has 0 saturated heterocycles. The van der Waals surface area contributed by atoms with Crippen molar-refractivity contribution in [2.45, 2.75) is 6.92 Å². The Kier molecular flexibility index (Phi) is 2.51. The fraction of sp³-hybridized carbons (Fsp3) is 0.100. The van der Waals surface area contributed by atoms with Crippen LogP contribution in [0, 0.1) is 6.92 Å². The van der Waals surface area contributed by atoms with E-state index in [0.717, 1.165) is 5.69 Å². The smallest absolute Gasteiger partial charge is 0.265 e. The first kappa shape index (κ1) is 9.86. The minimum Gasteiger partial charge on any atom is -0.265 e. The van der Waals surface area contributed by atoms with Crippen molar-refractivity contribution in [2.75, 3.05) is 0 Å². The third-order valence-corrected chi connectivity index (χ3v) is 2.10. The van der Waals surface area contributed by atoms with Gasteiger partial charge in [-0.25, -0.2) is 9.67 Å². The second-order valence-corrected chi connectivity index (χ2v) is 3.50. The number of carbonyl (C=O) groups excluding carboxylic acids is 1. The standard InChI is InChI=1S/C10H8ClN3O/c1-7-4-5-14(13-7)10(15)9-3-2-8(11)6-12-9/h2-6H,1H3. The van der Waals surface area contributed by atoms with Gasteiger partial charge in [-0.15, -0.1) is 0 Å². The Morgan fingerprint density at radius 2 is 2.20 bits per heavy atom. The van der Waals surface area contributed by atoms with Crippen molar-refractivity contribution < 1.29 is 4.79 Å². The molecule has 0 unspecified atom stereocenters. The van der Waals surface area contributed by atoms with Crippen molar-refractivity contribution >= 4 is 17.5 Å². The van der Waals surface area contributed by atoms with Crippen LogP contribution in [0.3, 0.4) is 0 Å². The molecule has 76 valence electrons. The predicted molar refractivity (Wildman–Crippen MR) is 55.9 cm³/mol. The fourth-order valence-electron chi connectivity index (χ4n) is 1.15. The number of rotatable bonds is 1. The number of halogens is 1. The average Bonchev–Trinajstić information content (AvgIpc) is 2.65. The highest BCUT2D eigenvalue weighted by atomic mass is 35.5. The lowest BCUT2D eigenvalue weighted by Gasteiger charge is -1.99. The van der Waals surface area contributed by atoms with Crippen LogP contribution in [-0.4, -0.2) is 20.7 Å². The summed E-state index contributed by atoms with van der Waals surface area (Å²) in [5, 5.41) is 4.51. The van der Waals surface area contributed by atoms with Crippen molar-refractivity contribution in [3.05, 3.63) is 47.0 Å². The molecule has 0 amide bonds. The maximum atomic E-state index is 11.8. The molecule has 0 aliphatic rings. The zero-order valence-electron chi connectivity index (χ0n) is 8.01. The minimum absolute atomic E-state index is 0.264. The Balaban J connectivity index is 2.32. The van der Waals surface area contributed by atoms with Crippen molar-refractivity contribution in [3.63, 3.8) is 0 Å². The van der Waals surface area contributed by atoms with Gasteiger partial charge >= 0.3 is 0 Å². The van der Waals surface area contributed by atoms with E-state index in [9.17, 15) is 4.79 Å². The van der Waals surface area contributed by atoms with Crippen molar-refractivity contribution in [3.8, 4) is 0 Å². The molecule has 2 aromatic rings. The van der Waals surface area contributed by atoms with Crippen LogP contribution in [0.1, 0.15) is 16.2 Å². The third-order valence-electron chi connectivity index (χ3n) is 1.88. The predicted octanol–water partition coefficient (Wildman–Crippen LogP) is 1.93. The molecule has 0 spiro atoms. The molecular formula is C10H8ClN3O. The zero-order chi connectivity index (χ0) is 10.8. The van der Waals surface area contributed by atoms with Crippen LogP contribution in [0.2, 0.25) is 5.02 Å². The Labute approximate surface area is 91.5 Å². The quantitative estimate of drug-likeness (QED) is 0.739. The Morgan fingerprint density at radius 1 is 1.40 bits per heavy atom. The lowest BCUT2D eigenvalue weighted by atomic mass is 10.3. The largest absolute Gasteiger partial charge is 0.296 e. The molecule has 0 fully saturated rings. The van der Waals surface area contributed by atoms with Gasteiger partial charge < -0.3 is 0 Å². The van der Waals surface area contributed by atoms with E-state index in [0.29, 0.717) is 10.7 Å². The van der Waals surface area contributed by atoms with Gasteiger partial charge in [-0.1, -0.05) is 11.6 Å². The molecule has 0 saturated carbocycles. The van der Waals surface area contributed by atoms with Gasteiger partial charge in [-0.3, -0.25) is 4.79 Å². The molecule has 0 radical (unpaired) electrons. The number of pyridine rings is 1. The molecule has 2 heterocycles. The van der Waals surface area contributed by atoms with Crippen LogP contribution in [0.25, 0.3) is 0 Å². The van der Waals surface area contributed by atoms with E-state index in [4.69, 9.17) is 11.6 Å². The summed E-state index contributed by atoms with van der Waals surface area (Å²) in [7, 11) is 0. The van der Waals surface area contributed by atoms with Gasteiger partial charge in [0.25, 0.3) is 5.91 Å². The Hall–Kier alpha value is -1.68. The lowest BCUT2D eigenvalue weighted by Crippen LogP contribution is -2.14. The average molecular weight is 222 g/mol. The highest BCUT2D eigenvalue weighted by Crippen LogP contribution is 2.07. The number of aryl methyl sites for hydroxylation is 1. The molecule has 5 heteroatoms. The summed E-state index contributed by atoms with van der Waals surface area (Å²) >= 11 is 5.67. The van der Waals surface area contributed by atoms with Crippen LogP contribution in [0.15, 0.2) is 30.6 Å². The van der Waals surface area contributed by atoms with Gasteiger partial charge in [0.15, 0.2) is 0 Å². The summed E-state index contributed by atoms with van der Waals surface area (Å²) < 4.78 is 1.26. The monoisotopic (exact) mass is 221 g/mol. The molecule has 4 nitrogen and oxygen atoms in total. The third kappa shape index (κ3) is 2.05. The van der Waals surface area contributed by atoms with Gasteiger partial charge in [-0.05, 0) is 25.1 Å². The Morgan fingerprint density at radius 3 is 2.73 bits per heavy atom. The summed E-state index contributed by atoms with van der Waals surface area (Å²) in [6, 6.07) is 4.95. The lowest BCUT2D eigenvalue weighted by molar-refractivity contribution is 0.0939. The van der Waals surface area contributed by atoms with E-state index < -0.39 is 0 Å². The molecule has 15 heavy (non-hydrogen) atoms. The molecule has 0 aliphatic carbocycles. The van der Waals surface area contributed by atoms with Gasteiger partial charge in [-0.2, -0.15) is 5.10 Å². The van der Waals surface area contributed by atoms with Crippen molar-refractivity contribution in [1.82, 2.24) is 14.8 Å².